The number of hydrogen-bond donors (Lipinski definition) is 0. The summed E-state index contributed by atoms with van der Waals surface area (Å²) in [5.41, 5.74) is 3.76. The summed E-state index contributed by atoms with van der Waals surface area (Å²) < 4.78 is 29.5. The van der Waals surface area contributed by atoms with Crippen molar-refractivity contribution in [3.8, 4) is 5.75 Å². The Balaban J connectivity index is 2.45. The van der Waals surface area contributed by atoms with Gasteiger partial charge in [0.15, 0.2) is 5.78 Å². The van der Waals surface area contributed by atoms with E-state index in [4.69, 9.17) is 13.8 Å². The van der Waals surface area contributed by atoms with E-state index in [1.54, 1.807) is 27.9 Å². The molecule has 0 fully saturated rings. The number of carbonyl (C=O) groups excluding carboxylic acids is 1. The Kier molecular flexibility index (Phi) is 8.50. The van der Waals surface area contributed by atoms with Crippen LogP contribution in [0.5, 0.6) is 5.75 Å². The number of ketones is 1. The van der Waals surface area contributed by atoms with E-state index >= 15 is 0 Å². The van der Waals surface area contributed by atoms with Gasteiger partial charge in [-0.25, -0.2) is 0 Å². The van der Waals surface area contributed by atoms with E-state index < -0.39 is 13.3 Å². The fourth-order valence-electron chi connectivity index (χ4n) is 3.97. The Morgan fingerprint density at radius 3 is 2.20 bits per heavy atom. The molecule has 2 rings (SSSR count). The van der Waals surface area contributed by atoms with Gasteiger partial charge in [0.2, 0.25) is 0 Å². The SMILES string of the molecule is CCOP(=O)(OCC)C(C)C(=O)C=Cc1cc(C(C)(C)C)c(OC)c2c1CCCC2. The highest BCUT2D eigenvalue weighted by Gasteiger charge is 2.36. The third-order valence-corrected chi connectivity index (χ3v) is 8.02. The Bertz CT molecular complexity index is 825. The van der Waals surface area contributed by atoms with Gasteiger partial charge in [-0.3, -0.25) is 9.36 Å². The normalized spacial score (nSPS) is 15.8. The smallest absolute Gasteiger partial charge is 0.341 e. The maximum absolute atomic E-state index is 13.0. The van der Waals surface area contributed by atoms with Gasteiger partial charge >= 0.3 is 7.60 Å². The van der Waals surface area contributed by atoms with Crippen LogP contribution < -0.4 is 4.74 Å². The highest BCUT2D eigenvalue weighted by molar-refractivity contribution is 7.55. The molecule has 1 unspecified atom stereocenters. The van der Waals surface area contributed by atoms with Crippen LogP contribution in [-0.2, 0) is 36.7 Å². The maximum Gasteiger partial charge on any atom is 0.341 e. The molecule has 0 amide bonds. The summed E-state index contributed by atoms with van der Waals surface area (Å²) in [6, 6.07) is 2.14. The van der Waals surface area contributed by atoms with Crippen molar-refractivity contribution in [2.24, 2.45) is 0 Å². The predicted octanol–water partition coefficient (Wildman–Crippen LogP) is 6.11. The summed E-state index contributed by atoms with van der Waals surface area (Å²) >= 11 is 0. The Labute approximate surface area is 181 Å². The van der Waals surface area contributed by atoms with E-state index in [1.807, 2.05) is 6.08 Å². The van der Waals surface area contributed by atoms with Crippen molar-refractivity contribution < 1.29 is 23.1 Å². The highest BCUT2D eigenvalue weighted by atomic mass is 31.2. The summed E-state index contributed by atoms with van der Waals surface area (Å²) in [5, 5.41) is 0. The molecule has 5 nitrogen and oxygen atoms in total. The van der Waals surface area contributed by atoms with Crippen molar-refractivity contribution in [2.75, 3.05) is 20.3 Å². The molecule has 0 radical (unpaired) electrons. The van der Waals surface area contributed by atoms with Crippen molar-refractivity contribution in [1.82, 2.24) is 0 Å². The molecule has 0 bridgehead atoms. The Morgan fingerprint density at radius 1 is 1.13 bits per heavy atom. The number of fused-ring (bicyclic) bond motifs is 1. The van der Waals surface area contributed by atoms with Gasteiger partial charge in [0.05, 0.1) is 20.3 Å². The summed E-state index contributed by atoms with van der Waals surface area (Å²) in [7, 11) is -1.75. The fraction of sp³-hybridized carbons (Fsp3) is 0.625. The van der Waals surface area contributed by atoms with Gasteiger partial charge in [-0.2, -0.15) is 0 Å². The summed E-state index contributed by atoms with van der Waals surface area (Å²) in [4.78, 5) is 12.8. The topological polar surface area (TPSA) is 61.8 Å². The summed E-state index contributed by atoms with van der Waals surface area (Å²) in [6.07, 6.45) is 7.61. The van der Waals surface area contributed by atoms with E-state index in [1.165, 1.54) is 17.2 Å². The van der Waals surface area contributed by atoms with E-state index in [0.717, 1.165) is 42.6 Å². The van der Waals surface area contributed by atoms with Crippen LogP contribution >= 0.6 is 7.60 Å². The average molecular weight is 437 g/mol. The van der Waals surface area contributed by atoms with Gasteiger partial charge in [-0.15, -0.1) is 0 Å². The van der Waals surface area contributed by atoms with Gasteiger partial charge in [-0.1, -0.05) is 26.8 Å². The molecule has 1 atom stereocenters. The minimum atomic E-state index is -3.48. The van der Waals surface area contributed by atoms with Crippen LogP contribution in [0.1, 0.15) is 76.6 Å². The number of allylic oxidation sites excluding steroid dienone is 1. The zero-order valence-corrected chi connectivity index (χ0v) is 20.4. The number of ether oxygens (including phenoxy) is 1. The van der Waals surface area contributed by atoms with Gasteiger partial charge in [0, 0.05) is 5.56 Å². The molecular weight excluding hydrogens is 399 g/mol. The second-order valence-corrected chi connectivity index (χ2v) is 11.1. The molecule has 1 aromatic carbocycles. The predicted molar refractivity (Wildman–Crippen MR) is 123 cm³/mol. The minimum Gasteiger partial charge on any atom is -0.496 e. The van der Waals surface area contributed by atoms with Crippen LogP contribution in [0, 0.1) is 0 Å². The zero-order chi connectivity index (χ0) is 22.5. The molecule has 6 heteroatoms. The summed E-state index contributed by atoms with van der Waals surface area (Å²) in [5.74, 6) is 0.726. The van der Waals surface area contributed by atoms with Crippen LogP contribution in [-0.4, -0.2) is 31.8 Å². The molecule has 168 valence electrons. The van der Waals surface area contributed by atoms with E-state index in [-0.39, 0.29) is 24.4 Å². The lowest BCUT2D eigenvalue weighted by molar-refractivity contribution is -0.114. The van der Waals surface area contributed by atoms with Crippen molar-refractivity contribution >= 4 is 19.5 Å². The van der Waals surface area contributed by atoms with Crippen LogP contribution in [0.25, 0.3) is 6.08 Å². The minimum absolute atomic E-state index is 0.0860. The molecular formula is C24H37O5P. The van der Waals surface area contributed by atoms with Crippen LogP contribution in [0.2, 0.25) is 0 Å². The number of hydrogen-bond acceptors (Lipinski definition) is 5. The molecule has 1 aromatic rings. The van der Waals surface area contributed by atoms with Crippen molar-refractivity contribution in [1.29, 1.82) is 0 Å². The molecule has 0 N–H and O–H groups in total. The molecule has 0 heterocycles. The lowest BCUT2D eigenvalue weighted by Gasteiger charge is -2.29. The van der Waals surface area contributed by atoms with Gasteiger partial charge < -0.3 is 13.8 Å². The third kappa shape index (κ3) is 5.43. The largest absolute Gasteiger partial charge is 0.496 e. The Morgan fingerprint density at radius 2 is 1.70 bits per heavy atom. The van der Waals surface area contributed by atoms with Gasteiger partial charge in [0.25, 0.3) is 0 Å². The molecule has 1 aliphatic rings. The van der Waals surface area contributed by atoms with E-state index in [0.29, 0.717) is 0 Å². The van der Waals surface area contributed by atoms with Crippen molar-refractivity contribution in [3.05, 3.63) is 34.4 Å². The zero-order valence-electron chi connectivity index (χ0n) is 19.5. The maximum atomic E-state index is 13.0. The van der Waals surface area contributed by atoms with E-state index in [2.05, 4.69) is 26.8 Å². The Hall–Kier alpha value is -1.42. The van der Waals surface area contributed by atoms with E-state index in [9.17, 15) is 9.36 Å². The number of carbonyl (C=O) groups is 1. The van der Waals surface area contributed by atoms with Crippen LogP contribution in [0.3, 0.4) is 0 Å². The first-order valence-electron chi connectivity index (χ1n) is 10.9. The molecule has 30 heavy (non-hydrogen) atoms. The monoisotopic (exact) mass is 436 g/mol. The lowest BCUT2D eigenvalue weighted by atomic mass is 9.78. The molecule has 0 aromatic heterocycles. The van der Waals surface area contributed by atoms with Gasteiger partial charge in [0.1, 0.15) is 11.4 Å². The standard InChI is InChI=1S/C24H37O5P/c1-8-28-30(26,29-9-2)17(3)22(25)15-14-18-16-21(24(4,5)6)23(27-7)20-13-11-10-12-19(18)20/h14-17H,8-13H2,1-7H3. The van der Waals surface area contributed by atoms with Crippen molar-refractivity contribution in [2.45, 2.75) is 78.3 Å². The fourth-order valence-corrected chi connectivity index (χ4v) is 5.61. The lowest BCUT2D eigenvalue weighted by Crippen LogP contribution is -2.19. The van der Waals surface area contributed by atoms with Crippen LogP contribution in [0.15, 0.2) is 12.1 Å². The second kappa shape index (κ2) is 10.3. The number of benzene rings is 1. The highest BCUT2D eigenvalue weighted by Crippen LogP contribution is 2.53. The molecule has 0 saturated heterocycles. The number of rotatable bonds is 9. The quantitative estimate of drug-likeness (QED) is 0.345. The van der Waals surface area contributed by atoms with Crippen LogP contribution in [0.4, 0.5) is 0 Å². The first-order chi connectivity index (χ1) is 14.1. The molecule has 0 aliphatic heterocycles. The first-order valence-corrected chi connectivity index (χ1v) is 12.5. The average Bonchev–Trinajstić information content (AvgIpc) is 2.70. The summed E-state index contributed by atoms with van der Waals surface area (Å²) in [6.45, 7) is 12.1. The molecule has 0 spiro atoms. The van der Waals surface area contributed by atoms with Gasteiger partial charge in [-0.05, 0) is 80.7 Å². The first kappa shape index (κ1) is 24.8. The molecule has 0 saturated carbocycles. The van der Waals surface area contributed by atoms with Crippen molar-refractivity contribution in [3.63, 3.8) is 0 Å². The number of methoxy groups -OCH3 is 1. The molecule has 1 aliphatic carbocycles. The third-order valence-electron chi connectivity index (χ3n) is 5.58. The second-order valence-electron chi connectivity index (χ2n) is 8.75.